The van der Waals surface area contributed by atoms with Crippen LogP contribution in [0.1, 0.15) is 37.0 Å². The molecule has 7 heteroatoms. The number of nitrogens with one attached hydrogen (secondary N) is 1. The molecule has 1 atom stereocenters. The fourth-order valence-corrected chi connectivity index (χ4v) is 2.23. The molecule has 1 aromatic heterocycles. The Hall–Kier alpha value is -1.66. The van der Waals surface area contributed by atoms with Gasteiger partial charge in [-0.2, -0.15) is 4.98 Å². The van der Waals surface area contributed by atoms with Crippen LogP contribution in [0.15, 0.2) is 28.8 Å². The largest absolute Gasteiger partial charge is 0.485 e. The summed E-state index contributed by atoms with van der Waals surface area (Å²) >= 11 is 0. The summed E-state index contributed by atoms with van der Waals surface area (Å²) in [5.41, 5.74) is 0. The molecule has 1 aliphatic heterocycles. The highest BCUT2D eigenvalue weighted by atomic mass is 35.5. The minimum atomic E-state index is -0.331. The highest BCUT2D eigenvalue weighted by molar-refractivity contribution is 5.85. The van der Waals surface area contributed by atoms with E-state index >= 15 is 0 Å². The average Bonchev–Trinajstić information content (AvgIpc) is 2.95. The Balaban J connectivity index is 0.00000161. The molecule has 2 heterocycles. The maximum Gasteiger partial charge on any atom is 0.243 e. The SMILES string of the molecule is Cl.Fc1cccc(OCc2noc(C3CCCCN3)n2)c1. The predicted molar refractivity (Wildman–Crippen MR) is 76.9 cm³/mol. The van der Waals surface area contributed by atoms with E-state index in [-0.39, 0.29) is 30.9 Å². The third-order valence-electron chi connectivity index (χ3n) is 3.26. The average molecular weight is 314 g/mol. The van der Waals surface area contributed by atoms with Gasteiger partial charge < -0.3 is 14.6 Å². The second-order valence-corrected chi connectivity index (χ2v) is 4.80. The van der Waals surface area contributed by atoms with E-state index in [0.717, 1.165) is 19.4 Å². The fraction of sp³-hybridized carbons (Fsp3) is 0.429. The van der Waals surface area contributed by atoms with Gasteiger partial charge in [0.2, 0.25) is 11.7 Å². The second-order valence-electron chi connectivity index (χ2n) is 4.80. The lowest BCUT2D eigenvalue weighted by atomic mass is 10.1. The number of hydrogen-bond acceptors (Lipinski definition) is 5. The van der Waals surface area contributed by atoms with Crippen molar-refractivity contribution in [3.05, 3.63) is 41.8 Å². The van der Waals surface area contributed by atoms with Crippen LogP contribution in [-0.4, -0.2) is 16.7 Å². The summed E-state index contributed by atoms with van der Waals surface area (Å²) in [5.74, 6) is 1.19. The molecule has 0 amide bonds. The fourth-order valence-electron chi connectivity index (χ4n) is 2.23. The standard InChI is InChI=1S/C14H16FN3O2.ClH/c15-10-4-3-5-11(8-10)19-9-13-17-14(20-18-13)12-6-1-2-7-16-12;/h3-5,8,12,16H,1-2,6-7,9H2;1H. The molecule has 5 nitrogen and oxygen atoms in total. The van der Waals surface area contributed by atoms with E-state index in [1.54, 1.807) is 12.1 Å². The Morgan fingerprint density at radius 3 is 3.05 bits per heavy atom. The van der Waals surface area contributed by atoms with Gasteiger partial charge in [0, 0.05) is 6.07 Å². The zero-order chi connectivity index (χ0) is 13.8. The molecule has 1 fully saturated rings. The van der Waals surface area contributed by atoms with Gasteiger partial charge in [-0.1, -0.05) is 17.6 Å². The zero-order valence-corrected chi connectivity index (χ0v) is 12.2. The minimum absolute atomic E-state index is 0. The highest BCUT2D eigenvalue weighted by Crippen LogP contribution is 2.21. The van der Waals surface area contributed by atoms with Crippen LogP contribution >= 0.6 is 12.4 Å². The lowest BCUT2D eigenvalue weighted by Crippen LogP contribution is -2.27. The number of aromatic nitrogens is 2. The molecule has 0 aliphatic carbocycles. The molecule has 1 saturated heterocycles. The van der Waals surface area contributed by atoms with Crippen molar-refractivity contribution in [2.24, 2.45) is 0 Å². The summed E-state index contributed by atoms with van der Waals surface area (Å²) in [5, 5.41) is 7.23. The van der Waals surface area contributed by atoms with E-state index in [1.165, 1.54) is 18.6 Å². The Morgan fingerprint density at radius 2 is 2.29 bits per heavy atom. The van der Waals surface area contributed by atoms with Gasteiger partial charge in [0.1, 0.15) is 11.6 Å². The van der Waals surface area contributed by atoms with Gasteiger partial charge in [0.25, 0.3) is 0 Å². The van der Waals surface area contributed by atoms with Crippen LogP contribution in [0.5, 0.6) is 5.75 Å². The number of halogens is 2. The molecule has 1 aliphatic rings. The van der Waals surface area contributed by atoms with Crippen LogP contribution in [0.3, 0.4) is 0 Å². The second kappa shape index (κ2) is 7.38. The molecular weight excluding hydrogens is 297 g/mol. The molecule has 1 unspecified atom stereocenters. The highest BCUT2D eigenvalue weighted by Gasteiger charge is 2.20. The summed E-state index contributed by atoms with van der Waals surface area (Å²) in [7, 11) is 0. The van der Waals surface area contributed by atoms with Crippen LogP contribution in [0.4, 0.5) is 4.39 Å². The third kappa shape index (κ3) is 4.15. The quantitative estimate of drug-likeness (QED) is 0.940. The number of benzene rings is 1. The molecule has 0 spiro atoms. The molecule has 0 radical (unpaired) electrons. The van der Waals surface area contributed by atoms with E-state index < -0.39 is 0 Å². The predicted octanol–water partition coefficient (Wildman–Crippen LogP) is 3.02. The Labute approximate surface area is 128 Å². The van der Waals surface area contributed by atoms with Crippen molar-refractivity contribution < 1.29 is 13.7 Å². The minimum Gasteiger partial charge on any atom is -0.485 e. The summed E-state index contributed by atoms with van der Waals surface area (Å²) in [6.45, 7) is 1.14. The summed E-state index contributed by atoms with van der Waals surface area (Å²) in [6, 6.07) is 6.11. The molecule has 3 rings (SSSR count). The van der Waals surface area contributed by atoms with Gasteiger partial charge in [-0.3, -0.25) is 0 Å². The normalized spacial score (nSPS) is 18.0. The van der Waals surface area contributed by atoms with E-state index in [0.29, 0.717) is 17.5 Å². The molecule has 0 bridgehead atoms. The van der Waals surface area contributed by atoms with Crippen molar-refractivity contribution in [1.29, 1.82) is 0 Å². The van der Waals surface area contributed by atoms with Gasteiger partial charge >= 0.3 is 0 Å². The van der Waals surface area contributed by atoms with Gasteiger partial charge in [-0.05, 0) is 31.5 Å². The Kier molecular flexibility index (Phi) is 5.52. The van der Waals surface area contributed by atoms with Crippen molar-refractivity contribution in [3.63, 3.8) is 0 Å². The number of ether oxygens (including phenoxy) is 1. The van der Waals surface area contributed by atoms with Gasteiger partial charge in [-0.15, -0.1) is 12.4 Å². The number of hydrogen-bond donors (Lipinski definition) is 1. The number of rotatable bonds is 4. The van der Waals surface area contributed by atoms with Crippen molar-refractivity contribution in [2.75, 3.05) is 6.54 Å². The lowest BCUT2D eigenvalue weighted by Gasteiger charge is -2.19. The smallest absolute Gasteiger partial charge is 0.243 e. The van der Waals surface area contributed by atoms with E-state index in [9.17, 15) is 4.39 Å². The van der Waals surface area contributed by atoms with E-state index in [4.69, 9.17) is 9.26 Å². The molecule has 1 aromatic carbocycles. The Morgan fingerprint density at radius 1 is 1.38 bits per heavy atom. The zero-order valence-electron chi connectivity index (χ0n) is 11.4. The first-order valence-electron chi connectivity index (χ1n) is 6.75. The van der Waals surface area contributed by atoms with Gasteiger partial charge in [0.15, 0.2) is 6.61 Å². The lowest BCUT2D eigenvalue weighted by molar-refractivity contribution is 0.275. The van der Waals surface area contributed by atoms with Crippen LogP contribution in [0.25, 0.3) is 0 Å². The van der Waals surface area contributed by atoms with Crippen molar-refractivity contribution in [2.45, 2.75) is 31.9 Å². The molecule has 2 aromatic rings. The maximum absolute atomic E-state index is 13.0. The van der Waals surface area contributed by atoms with Crippen molar-refractivity contribution in [1.82, 2.24) is 15.5 Å². The van der Waals surface area contributed by atoms with Crippen molar-refractivity contribution >= 4 is 12.4 Å². The first kappa shape index (κ1) is 15.7. The van der Waals surface area contributed by atoms with Gasteiger partial charge in [-0.25, -0.2) is 4.39 Å². The first-order valence-corrected chi connectivity index (χ1v) is 6.75. The van der Waals surface area contributed by atoms with E-state index in [1.807, 2.05) is 0 Å². The first-order chi connectivity index (χ1) is 9.81. The molecule has 0 saturated carbocycles. The van der Waals surface area contributed by atoms with Crippen LogP contribution in [0, 0.1) is 5.82 Å². The van der Waals surface area contributed by atoms with Crippen LogP contribution in [0.2, 0.25) is 0 Å². The number of nitrogens with zero attached hydrogens (tertiary/aromatic N) is 2. The molecule has 114 valence electrons. The molecule has 1 N–H and O–H groups in total. The summed E-state index contributed by atoms with van der Waals surface area (Å²) in [4.78, 5) is 4.31. The summed E-state index contributed by atoms with van der Waals surface area (Å²) in [6.07, 6.45) is 3.35. The third-order valence-corrected chi connectivity index (χ3v) is 3.26. The Bertz CT molecular complexity index is 573. The number of piperidine rings is 1. The topological polar surface area (TPSA) is 60.2 Å². The van der Waals surface area contributed by atoms with Crippen molar-refractivity contribution in [3.8, 4) is 5.75 Å². The summed E-state index contributed by atoms with van der Waals surface area (Å²) < 4.78 is 23.7. The molecule has 21 heavy (non-hydrogen) atoms. The molecular formula is C14H17ClFN3O2. The monoisotopic (exact) mass is 313 g/mol. The van der Waals surface area contributed by atoms with Crippen LogP contribution in [-0.2, 0) is 6.61 Å². The maximum atomic E-state index is 13.0. The van der Waals surface area contributed by atoms with Crippen LogP contribution < -0.4 is 10.1 Å². The van der Waals surface area contributed by atoms with Gasteiger partial charge in [0.05, 0.1) is 6.04 Å². The van der Waals surface area contributed by atoms with E-state index in [2.05, 4.69) is 15.5 Å².